The molecule has 0 saturated heterocycles. The molecule has 0 unspecified atom stereocenters. The number of sulfone groups is 1. The molecule has 0 aliphatic carbocycles. The van der Waals surface area contributed by atoms with Crippen LogP contribution in [0.15, 0.2) is 70.2 Å². The molecule has 0 bridgehead atoms. The Morgan fingerprint density at radius 2 is 1.80 bits per heavy atom. The summed E-state index contributed by atoms with van der Waals surface area (Å²) >= 11 is 13.3. The molecule has 3 aromatic carbocycles. The lowest BCUT2D eigenvalue weighted by atomic mass is 9.95. The van der Waals surface area contributed by atoms with Crippen molar-refractivity contribution in [2.75, 3.05) is 19.6 Å². The Balaban J connectivity index is 1.34. The van der Waals surface area contributed by atoms with E-state index in [1.165, 1.54) is 24.3 Å². The van der Waals surface area contributed by atoms with E-state index in [1.807, 2.05) is 0 Å². The van der Waals surface area contributed by atoms with Crippen molar-refractivity contribution in [2.24, 2.45) is 0 Å². The highest BCUT2D eigenvalue weighted by molar-refractivity contribution is 7.90. The van der Waals surface area contributed by atoms with Gasteiger partial charge in [-0.25, -0.2) is 13.2 Å². The number of furan rings is 1. The first kappa shape index (κ1) is 36.4. The number of amides is 2. The number of nitrogens with one attached hydrogen (secondary N) is 1. The third kappa shape index (κ3) is 8.62. The van der Waals surface area contributed by atoms with E-state index in [0.717, 1.165) is 11.6 Å². The second kappa shape index (κ2) is 15.3. The van der Waals surface area contributed by atoms with Crippen molar-refractivity contribution in [3.05, 3.63) is 98.7 Å². The first-order chi connectivity index (χ1) is 23.7. The van der Waals surface area contributed by atoms with E-state index in [4.69, 9.17) is 42.2 Å². The first-order valence-corrected chi connectivity index (χ1v) is 17.8. The third-order valence-electron chi connectivity index (χ3n) is 7.94. The molecule has 1 aromatic heterocycles. The number of hydrogen-bond donors (Lipinski definition) is 2. The van der Waals surface area contributed by atoms with Gasteiger partial charge in [-0.15, -0.1) is 0 Å². The number of carbonyl (C=O) groups is 5. The summed E-state index contributed by atoms with van der Waals surface area (Å²) in [5, 5.41) is 12.1. The summed E-state index contributed by atoms with van der Waals surface area (Å²) in [6, 6.07) is 12.8. The molecule has 2 amide bonds. The van der Waals surface area contributed by atoms with E-state index in [-0.39, 0.29) is 39.4 Å². The lowest BCUT2D eigenvalue weighted by Gasteiger charge is -2.30. The number of carboxylic acid groups (broad SMARTS) is 1. The number of ether oxygens (including phenoxy) is 2. The maximum absolute atomic E-state index is 13.7. The van der Waals surface area contributed by atoms with E-state index in [1.54, 1.807) is 41.5 Å². The van der Waals surface area contributed by atoms with Gasteiger partial charge >= 0.3 is 17.9 Å². The summed E-state index contributed by atoms with van der Waals surface area (Å²) in [6.45, 7) is -0.401. The number of carbonyl (C=O) groups excluding carboxylic acids is 4. The number of benzene rings is 3. The molecule has 2 heterocycles. The van der Waals surface area contributed by atoms with Crippen LogP contribution in [0.2, 0.25) is 10.0 Å². The molecule has 50 heavy (non-hydrogen) atoms. The molecule has 13 nitrogen and oxygen atoms in total. The van der Waals surface area contributed by atoms with Crippen LogP contribution < -0.4 is 5.32 Å². The Labute approximate surface area is 295 Å². The van der Waals surface area contributed by atoms with Gasteiger partial charge in [-0.2, -0.15) is 0 Å². The number of esters is 2. The van der Waals surface area contributed by atoms with Gasteiger partial charge in [-0.3, -0.25) is 19.2 Å². The summed E-state index contributed by atoms with van der Waals surface area (Å²) in [5.74, 6) is -4.24. The molecule has 16 heteroatoms. The largest absolute Gasteiger partial charge is 0.481 e. The highest BCUT2D eigenvalue weighted by Crippen LogP contribution is 2.35. The number of carboxylic acids is 1. The van der Waals surface area contributed by atoms with Crippen molar-refractivity contribution >= 4 is 73.7 Å². The minimum absolute atomic E-state index is 0.0179. The minimum atomic E-state index is -3.60. The van der Waals surface area contributed by atoms with Crippen LogP contribution >= 0.6 is 23.2 Å². The molecule has 2 N–H and O–H groups in total. The molecule has 1 aliphatic rings. The lowest BCUT2D eigenvalue weighted by Crippen LogP contribution is -2.44. The smallest absolute Gasteiger partial charge is 0.331 e. The average Bonchev–Trinajstić information content (AvgIpc) is 3.54. The van der Waals surface area contributed by atoms with Crippen molar-refractivity contribution in [1.29, 1.82) is 0 Å². The van der Waals surface area contributed by atoms with Crippen LogP contribution in [0.4, 0.5) is 0 Å². The standard InChI is InChI=1S/C34H30Cl2N2O11S/c1-50(45,46)23-4-2-3-19(13-23)14-26(34(44)49-18-48-29(41)8-7-28(39)40)37-32(42)30-25(35)15-22-17-38(11-9-24(22)31(30)36)33(43)21-6-5-20-10-12-47-27(20)16-21/h2-6,10,12-13,15-16,26H,7-9,11,14,17-18H2,1H3,(H,37,42)(H,39,40)/t26-/m0/s1. The van der Waals surface area contributed by atoms with Gasteiger partial charge in [-0.1, -0.05) is 41.4 Å². The molecule has 4 aromatic rings. The Hall–Kier alpha value is -4.92. The topological polar surface area (TPSA) is 187 Å². The van der Waals surface area contributed by atoms with E-state index in [0.29, 0.717) is 40.8 Å². The van der Waals surface area contributed by atoms with Crippen LogP contribution in [0.5, 0.6) is 0 Å². The Kier molecular flexibility index (Phi) is 11.1. The number of hydrogen-bond acceptors (Lipinski definition) is 10. The van der Waals surface area contributed by atoms with Crippen LogP contribution in [0, 0.1) is 0 Å². The SMILES string of the molecule is CS(=O)(=O)c1cccc(C[C@H](NC(=O)c2c(Cl)cc3c(c2Cl)CCN(C(=O)c2ccc4ccoc4c2)C3)C(=O)OCOC(=O)CCC(=O)O)c1. The zero-order chi connectivity index (χ0) is 36.2. The maximum atomic E-state index is 13.7. The van der Waals surface area contributed by atoms with Crippen molar-refractivity contribution in [2.45, 2.75) is 43.2 Å². The summed E-state index contributed by atoms with van der Waals surface area (Å²) < 4.78 is 39.5. The van der Waals surface area contributed by atoms with Crippen LogP contribution in [0.3, 0.4) is 0 Å². The van der Waals surface area contributed by atoms with Gasteiger partial charge in [-0.05, 0) is 59.5 Å². The molecule has 1 aliphatic heterocycles. The van der Waals surface area contributed by atoms with Gasteiger partial charge in [0.2, 0.25) is 6.79 Å². The zero-order valence-corrected chi connectivity index (χ0v) is 28.8. The quantitative estimate of drug-likeness (QED) is 0.153. The molecule has 5 rings (SSSR count). The number of rotatable bonds is 12. The van der Waals surface area contributed by atoms with Crippen molar-refractivity contribution < 1.29 is 51.4 Å². The number of aliphatic carboxylic acids is 1. The van der Waals surface area contributed by atoms with Gasteiger partial charge < -0.3 is 29.2 Å². The molecular formula is C34H30Cl2N2O11S. The third-order valence-corrected chi connectivity index (χ3v) is 9.77. The monoisotopic (exact) mass is 744 g/mol. The normalized spacial score (nSPS) is 13.3. The fourth-order valence-corrected chi connectivity index (χ4v) is 6.86. The van der Waals surface area contributed by atoms with Crippen molar-refractivity contribution in [3.8, 4) is 0 Å². The van der Waals surface area contributed by atoms with E-state index in [2.05, 4.69) is 5.32 Å². The predicted molar refractivity (Wildman–Crippen MR) is 180 cm³/mol. The highest BCUT2D eigenvalue weighted by atomic mass is 35.5. The van der Waals surface area contributed by atoms with Gasteiger partial charge in [0.25, 0.3) is 11.8 Å². The number of halogens is 2. The van der Waals surface area contributed by atoms with E-state index < -0.39 is 59.3 Å². The summed E-state index contributed by atoms with van der Waals surface area (Å²) in [4.78, 5) is 64.3. The molecule has 0 fully saturated rings. The Morgan fingerprint density at radius 3 is 2.54 bits per heavy atom. The van der Waals surface area contributed by atoms with Gasteiger partial charge in [0, 0.05) is 36.7 Å². The van der Waals surface area contributed by atoms with E-state index >= 15 is 0 Å². The van der Waals surface area contributed by atoms with Gasteiger partial charge in [0.05, 0.1) is 39.6 Å². The highest BCUT2D eigenvalue weighted by Gasteiger charge is 2.31. The summed E-state index contributed by atoms with van der Waals surface area (Å²) in [5.41, 5.74) is 2.48. The van der Waals surface area contributed by atoms with Gasteiger partial charge in [0.1, 0.15) is 11.6 Å². The first-order valence-electron chi connectivity index (χ1n) is 15.1. The zero-order valence-electron chi connectivity index (χ0n) is 26.4. The number of fused-ring (bicyclic) bond motifs is 2. The van der Waals surface area contributed by atoms with E-state index in [9.17, 15) is 32.4 Å². The van der Waals surface area contributed by atoms with Crippen molar-refractivity contribution in [1.82, 2.24) is 10.2 Å². The van der Waals surface area contributed by atoms with Crippen LogP contribution in [-0.4, -0.2) is 73.8 Å². The summed E-state index contributed by atoms with van der Waals surface area (Å²) in [7, 11) is -3.60. The minimum Gasteiger partial charge on any atom is -0.481 e. The molecule has 0 radical (unpaired) electrons. The Bertz CT molecular complexity index is 2110. The van der Waals surface area contributed by atoms with Crippen LogP contribution in [0.25, 0.3) is 11.0 Å². The second-order valence-electron chi connectivity index (χ2n) is 11.5. The molecule has 0 saturated carbocycles. The fourth-order valence-electron chi connectivity index (χ4n) is 5.40. The fraction of sp³-hybridized carbons (Fsp3) is 0.265. The van der Waals surface area contributed by atoms with Crippen LogP contribution in [-0.2, 0) is 53.1 Å². The molecule has 0 spiro atoms. The maximum Gasteiger partial charge on any atom is 0.331 e. The number of nitrogens with zero attached hydrogens (tertiary/aromatic N) is 1. The molecule has 262 valence electrons. The predicted octanol–water partition coefficient (Wildman–Crippen LogP) is 4.59. The molecular weight excluding hydrogens is 715 g/mol. The van der Waals surface area contributed by atoms with Gasteiger partial charge in [0.15, 0.2) is 9.84 Å². The Morgan fingerprint density at radius 1 is 1.02 bits per heavy atom. The molecule has 1 atom stereocenters. The summed E-state index contributed by atoms with van der Waals surface area (Å²) in [6.07, 6.45) is 1.69. The lowest BCUT2D eigenvalue weighted by molar-refractivity contribution is -0.169. The second-order valence-corrected chi connectivity index (χ2v) is 14.3. The van der Waals surface area contributed by atoms with Crippen molar-refractivity contribution in [3.63, 3.8) is 0 Å². The van der Waals surface area contributed by atoms with Crippen LogP contribution in [0.1, 0.15) is 50.2 Å². The average molecular weight is 746 g/mol.